The van der Waals surface area contributed by atoms with Gasteiger partial charge in [-0.05, 0) is 30.7 Å². The van der Waals surface area contributed by atoms with Crippen molar-refractivity contribution in [3.05, 3.63) is 46.3 Å². The van der Waals surface area contributed by atoms with Crippen LogP contribution in [-0.4, -0.2) is 9.97 Å². The van der Waals surface area contributed by atoms with E-state index in [-0.39, 0.29) is 0 Å². The molecular weight excluding hydrogens is 290 g/mol. The third-order valence-electron chi connectivity index (χ3n) is 2.64. The quantitative estimate of drug-likeness (QED) is 0.869. The Morgan fingerprint density at radius 3 is 2.94 bits per heavy atom. The fraction of sp³-hybridized carbons (Fsp3) is 0.214. The lowest BCUT2D eigenvalue weighted by atomic mass is 10.1. The van der Waals surface area contributed by atoms with Gasteiger partial charge in [-0.2, -0.15) is 5.26 Å². The lowest BCUT2D eigenvalue weighted by Gasteiger charge is -2.07. The van der Waals surface area contributed by atoms with Gasteiger partial charge in [0.05, 0.1) is 11.8 Å². The van der Waals surface area contributed by atoms with Crippen LogP contribution in [0.4, 0.5) is 0 Å². The average molecular weight is 302 g/mol. The molecule has 0 saturated heterocycles. The number of halogens is 1. The Bertz CT molecular complexity index is 602. The van der Waals surface area contributed by atoms with E-state index in [1.807, 2.05) is 18.2 Å². The molecule has 2 aromatic rings. The standard InChI is InChI=1S/C14H12BrN3/c1-10-4-5-11(15)9-12(10)13-6-8-17-14(18-13)3-2-7-16/h4-6,8-9H,2-3H2,1H3. The molecular formula is C14H12BrN3. The summed E-state index contributed by atoms with van der Waals surface area (Å²) >= 11 is 3.47. The molecule has 0 unspecified atom stereocenters. The van der Waals surface area contributed by atoms with Gasteiger partial charge in [0.2, 0.25) is 0 Å². The Kier molecular flexibility index (Phi) is 4.06. The van der Waals surface area contributed by atoms with E-state index in [1.54, 1.807) is 6.20 Å². The smallest absolute Gasteiger partial charge is 0.129 e. The Balaban J connectivity index is 2.38. The van der Waals surface area contributed by atoms with Gasteiger partial charge in [0.25, 0.3) is 0 Å². The summed E-state index contributed by atoms with van der Waals surface area (Å²) in [5.74, 6) is 0.716. The minimum absolute atomic E-state index is 0.445. The van der Waals surface area contributed by atoms with Crippen LogP contribution in [0.5, 0.6) is 0 Å². The summed E-state index contributed by atoms with van der Waals surface area (Å²) in [5, 5.41) is 8.58. The molecule has 0 N–H and O–H groups in total. The van der Waals surface area contributed by atoms with Gasteiger partial charge >= 0.3 is 0 Å². The SMILES string of the molecule is Cc1ccc(Br)cc1-c1ccnc(CCC#N)n1. The molecule has 0 amide bonds. The molecule has 90 valence electrons. The van der Waals surface area contributed by atoms with Crippen molar-refractivity contribution in [3.63, 3.8) is 0 Å². The summed E-state index contributed by atoms with van der Waals surface area (Å²) in [5.41, 5.74) is 3.16. The molecule has 0 saturated carbocycles. The van der Waals surface area contributed by atoms with Gasteiger partial charge < -0.3 is 0 Å². The van der Waals surface area contributed by atoms with Crippen molar-refractivity contribution < 1.29 is 0 Å². The minimum atomic E-state index is 0.445. The Labute approximate surface area is 115 Å². The van der Waals surface area contributed by atoms with Crippen LogP contribution >= 0.6 is 15.9 Å². The first-order valence-electron chi connectivity index (χ1n) is 5.66. The molecule has 0 atom stereocenters. The van der Waals surface area contributed by atoms with Gasteiger partial charge in [-0.1, -0.05) is 22.0 Å². The fourth-order valence-corrected chi connectivity index (χ4v) is 2.07. The van der Waals surface area contributed by atoms with Crippen molar-refractivity contribution >= 4 is 15.9 Å². The Hall–Kier alpha value is -1.73. The second-order valence-electron chi connectivity index (χ2n) is 3.98. The summed E-state index contributed by atoms with van der Waals surface area (Å²) < 4.78 is 1.03. The monoisotopic (exact) mass is 301 g/mol. The van der Waals surface area contributed by atoms with Crippen molar-refractivity contribution in [2.45, 2.75) is 19.8 Å². The maximum Gasteiger partial charge on any atom is 0.129 e. The molecule has 0 aliphatic carbocycles. The van der Waals surface area contributed by atoms with E-state index in [2.05, 4.69) is 45.0 Å². The number of aryl methyl sites for hydroxylation is 2. The van der Waals surface area contributed by atoms with Gasteiger partial charge in [-0.15, -0.1) is 0 Å². The predicted octanol–water partition coefficient (Wildman–Crippen LogP) is 3.67. The molecule has 0 aliphatic rings. The molecule has 0 fully saturated rings. The first-order valence-corrected chi connectivity index (χ1v) is 6.45. The molecule has 2 rings (SSSR count). The highest BCUT2D eigenvalue weighted by molar-refractivity contribution is 9.10. The topological polar surface area (TPSA) is 49.6 Å². The average Bonchev–Trinajstić information content (AvgIpc) is 2.39. The Morgan fingerprint density at radius 2 is 2.17 bits per heavy atom. The van der Waals surface area contributed by atoms with E-state index in [9.17, 15) is 0 Å². The summed E-state index contributed by atoms with van der Waals surface area (Å²) in [6.45, 7) is 2.05. The van der Waals surface area contributed by atoms with Crippen LogP contribution in [0.25, 0.3) is 11.3 Å². The lowest BCUT2D eigenvalue weighted by Crippen LogP contribution is -1.96. The first kappa shape index (κ1) is 12.7. The first-order chi connectivity index (χ1) is 8.70. The predicted molar refractivity (Wildman–Crippen MR) is 73.8 cm³/mol. The van der Waals surface area contributed by atoms with Crippen LogP contribution in [0.15, 0.2) is 34.9 Å². The van der Waals surface area contributed by atoms with E-state index in [0.717, 1.165) is 15.7 Å². The van der Waals surface area contributed by atoms with Crippen molar-refractivity contribution in [1.29, 1.82) is 5.26 Å². The highest BCUT2D eigenvalue weighted by Gasteiger charge is 2.06. The van der Waals surface area contributed by atoms with Gasteiger partial charge in [0.1, 0.15) is 5.82 Å². The highest BCUT2D eigenvalue weighted by Crippen LogP contribution is 2.25. The fourth-order valence-electron chi connectivity index (χ4n) is 1.71. The largest absolute Gasteiger partial charge is 0.241 e. The third-order valence-corrected chi connectivity index (χ3v) is 3.13. The summed E-state index contributed by atoms with van der Waals surface area (Å²) in [4.78, 5) is 8.68. The van der Waals surface area contributed by atoms with Crippen LogP contribution in [0.3, 0.4) is 0 Å². The van der Waals surface area contributed by atoms with Crippen LogP contribution in [0, 0.1) is 18.3 Å². The van der Waals surface area contributed by atoms with Gasteiger partial charge in [-0.3, -0.25) is 0 Å². The number of hydrogen-bond donors (Lipinski definition) is 0. The van der Waals surface area contributed by atoms with Crippen molar-refractivity contribution in [1.82, 2.24) is 9.97 Å². The molecule has 0 aliphatic heterocycles. The number of nitrogens with zero attached hydrogens (tertiary/aromatic N) is 3. The molecule has 0 spiro atoms. The van der Waals surface area contributed by atoms with Gasteiger partial charge in [0.15, 0.2) is 0 Å². The molecule has 1 heterocycles. The van der Waals surface area contributed by atoms with Gasteiger partial charge in [-0.25, -0.2) is 9.97 Å². The number of nitriles is 1. The van der Waals surface area contributed by atoms with Crippen LogP contribution in [0.2, 0.25) is 0 Å². The van der Waals surface area contributed by atoms with Gasteiger partial charge in [0, 0.05) is 29.1 Å². The summed E-state index contributed by atoms with van der Waals surface area (Å²) in [6.07, 6.45) is 2.79. The number of rotatable bonds is 3. The van der Waals surface area contributed by atoms with Crippen molar-refractivity contribution in [2.75, 3.05) is 0 Å². The van der Waals surface area contributed by atoms with E-state index in [4.69, 9.17) is 5.26 Å². The third kappa shape index (κ3) is 2.93. The number of hydrogen-bond acceptors (Lipinski definition) is 3. The molecule has 4 heteroatoms. The second kappa shape index (κ2) is 5.74. The Morgan fingerprint density at radius 1 is 1.33 bits per heavy atom. The number of benzene rings is 1. The molecule has 18 heavy (non-hydrogen) atoms. The van der Waals surface area contributed by atoms with E-state index >= 15 is 0 Å². The molecule has 1 aromatic carbocycles. The van der Waals surface area contributed by atoms with Crippen LogP contribution < -0.4 is 0 Å². The van der Waals surface area contributed by atoms with Crippen LogP contribution in [-0.2, 0) is 6.42 Å². The van der Waals surface area contributed by atoms with Crippen LogP contribution in [0.1, 0.15) is 17.8 Å². The molecule has 0 bridgehead atoms. The second-order valence-corrected chi connectivity index (χ2v) is 4.89. The summed E-state index contributed by atoms with van der Waals surface area (Å²) in [7, 11) is 0. The number of aromatic nitrogens is 2. The molecule has 0 radical (unpaired) electrons. The van der Waals surface area contributed by atoms with E-state index in [1.165, 1.54) is 5.56 Å². The van der Waals surface area contributed by atoms with Crippen molar-refractivity contribution in [2.24, 2.45) is 0 Å². The molecule has 3 nitrogen and oxygen atoms in total. The van der Waals surface area contributed by atoms with E-state index in [0.29, 0.717) is 18.7 Å². The zero-order valence-corrected chi connectivity index (χ0v) is 11.6. The minimum Gasteiger partial charge on any atom is -0.241 e. The highest BCUT2D eigenvalue weighted by atomic mass is 79.9. The lowest BCUT2D eigenvalue weighted by molar-refractivity contribution is 0.887. The normalized spacial score (nSPS) is 10.1. The summed E-state index contributed by atoms with van der Waals surface area (Å²) in [6, 6.07) is 10.1. The molecule has 1 aromatic heterocycles. The van der Waals surface area contributed by atoms with E-state index < -0.39 is 0 Å². The maximum absolute atomic E-state index is 8.58. The maximum atomic E-state index is 8.58. The zero-order chi connectivity index (χ0) is 13.0. The zero-order valence-electron chi connectivity index (χ0n) is 10.0. The van der Waals surface area contributed by atoms with Crippen molar-refractivity contribution in [3.8, 4) is 17.3 Å².